The van der Waals surface area contributed by atoms with Crippen molar-refractivity contribution in [1.82, 2.24) is 25.0 Å². The summed E-state index contributed by atoms with van der Waals surface area (Å²) < 4.78 is 7.29. The van der Waals surface area contributed by atoms with E-state index < -0.39 is 0 Å². The van der Waals surface area contributed by atoms with Crippen molar-refractivity contribution >= 4 is 11.7 Å². The Bertz CT molecular complexity index is 1070. The zero-order chi connectivity index (χ0) is 19.3. The molecule has 8 nitrogen and oxygen atoms in total. The molecule has 0 aliphatic heterocycles. The molecule has 140 valence electrons. The number of carbonyl (C=O) groups excluding carboxylic acids is 1. The number of carbonyl (C=O) groups is 1. The Labute approximate surface area is 161 Å². The number of benzene rings is 1. The van der Waals surface area contributed by atoms with Crippen LogP contribution in [-0.4, -0.2) is 30.9 Å². The van der Waals surface area contributed by atoms with Gasteiger partial charge in [-0.3, -0.25) is 14.9 Å². The minimum Gasteiger partial charge on any atom is -0.473 e. The van der Waals surface area contributed by atoms with Crippen molar-refractivity contribution in [3.63, 3.8) is 0 Å². The van der Waals surface area contributed by atoms with E-state index in [2.05, 4.69) is 25.6 Å². The first-order chi connectivity index (χ1) is 13.7. The Morgan fingerprint density at radius 1 is 1.14 bits per heavy atom. The summed E-state index contributed by atoms with van der Waals surface area (Å²) in [5, 5.41) is 14.0. The third kappa shape index (κ3) is 3.90. The average molecular weight is 374 g/mol. The van der Waals surface area contributed by atoms with Crippen LogP contribution in [0.15, 0.2) is 67.0 Å². The Kier molecular flexibility index (Phi) is 4.83. The van der Waals surface area contributed by atoms with Gasteiger partial charge in [-0.05, 0) is 17.7 Å². The van der Waals surface area contributed by atoms with Crippen molar-refractivity contribution in [1.29, 1.82) is 0 Å². The van der Waals surface area contributed by atoms with Crippen LogP contribution in [-0.2, 0) is 13.7 Å². The number of hydrogen-bond acceptors (Lipinski definition) is 5. The van der Waals surface area contributed by atoms with Gasteiger partial charge >= 0.3 is 0 Å². The maximum atomic E-state index is 12.5. The largest absolute Gasteiger partial charge is 0.473 e. The van der Waals surface area contributed by atoms with E-state index in [1.54, 1.807) is 31.6 Å². The Morgan fingerprint density at radius 3 is 2.71 bits per heavy atom. The fourth-order valence-electron chi connectivity index (χ4n) is 2.67. The van der Waals surface area contributed by atoms with Crippen molar-refractivity contribution in [2.75, 3.05) is 5.32 Å². The summed E-state index contributed by atoms with van der Waals surface area (Å²) in [4.78, 5) is 16.5. The Morgan fingerprint density at radius 2 is 1.93 bits per heavy atom. The molecular weight excluding hydrogens is 356 g/mol. The molecule has 0 aliphatic carbocycles. The molecule has 0 radical (unpaired) electrons. The van der Waals surface area contributed by atoms with Crippen LogP contribution < -0.4 is 10.1 Å². The maximum absolute atomic E-state index is 12.5. The van der Waals surface area contributed by atoms with Gasteiger partial charge in [-0.1, -0.05) is 30.3 Å². The lowest BCUT2D eigenvalue weighted by atomic mass is 10.2. The number of hydrogen-bond donors (Lipinski definition) is 2. The first kappa shape index (κ1) is 17.5. The molecule has 3 aromatic heterocycles. The number of amides is 1. The second-order valence-electron chi connectivity index (χ2n) is 6.12. The molecule has 1 amide bonds. The molecular formula is C20H18N6O2. The van der Waals surface area contributed by atoms with E-state index in [9.17, 15) is 4.79 Å². The summed E-state index contributed by atoms with van der Waals surface area (Å²) in [5.74, 6) is 0.556. The molecule has 0 atom stereocenters. The summed E-state index contributed by atoms with van der Waals surface area (Å²) in [6, 6.07) is 16.9. The normalized spacial score (nSPS) is 10.6. The molecule has 3 heterocycles. The molecule has 0 fully saturated rings. The predicted octanol–water partition coefficient (Wildman–Crippen LogP) is 3.04. The van der Waals surface area contributed by atoms with Crippen LogP contribution in [0.1, 0.15) is 16.1 Å². The van der Waals surface area contributed by atoms with Gasteiger partial charge in [-0.15, -0.1) is 0 Å². The number of H-pyrrole nitrogens is 1. The molecule has 1 aromatic carbocycles. The van der Waals surface area contributed by atoms with Crippen molar-refractivity contribution in [2.24, 2.45) is 7.05 Å². The topological polar surface area (TPSA) is 97.7 Å². The van der Waals surface area contributed by atoms with Crippen LogP contribution >= 0.6 is 0 Å². The van der Waals surface area contributed by atoms with Crippen molar-refractivity contribution in [3.05, 3.63) is 78.2 Å². The fraction of sp³-hybridized carbons (Fsp3) is 0.100. The minimum absolute atomic E-state index is 0.249. The summed E-state index contributed by atoms with van der Waals surface area (Å²) in [6.45, 7) is 0.399. The number of rotatable bonds is 6. The summed E-state index contributed by atoms with van der Waals surface area (Å²) >= 11 is 0. The van der Waals surface area contributed by atoms with Crippen LogP contribution in [0.4, 0.5) is 5.82 Å². The SMILES string of the molecule is Cn1nc(C(=O)Nc2cc(-c3ccncc3)[nH]n2)cc1OCc1ccccc1. The summed E-state index contributed by atoms with van der Waals surface area (Å²) in [7, 11) is 1.73. The van der Waals surface area contributed by atoms with Crippen LogP contribution in [0.3, 0.4) is 0 Å². The molecule has 0 saturated carbocycles. The van der Waals surface area contributed by atoms with Gasteiger partial charge in [0.25, 0.3) is 5.91 Å². The summed E-state index contributed by atoms with van der Waals surface area (Å²) in [5.41, 5.74) is 3.00. The Balaban J connectivity index is 1.42. The van der Waals surface area contributed by atoms with Gasteiger partial charge in [0, 0.05) is 37.1 Å². The molecule has 0 spiro atoms. The van der Waals surface area contributed by atoms with Crippen molar-refractivity contribution in [2.45, 2.75) is 6.61 Å². The van der Waals surface area contributed by atoms with Crippen molar-refractivity contribution < 1.29 is 9.53 Å². The van der Waals surface area contributed by atoms with Gasteiger partial charge in [0.2, 0.25) is 5.88 Å². The monoisotopic (exact) mass is 374 g/mol. The number of aryl methyl sites for hydroxylation is 1. The van der Waals surface area contributed by atoms with Crippen LogP contribution in [0.25, 0.3) is 11.3 Å². The third-order valence-corrected chi connectivity index (χ3v) is 4.11. The van der Waals surface area contributed by atoms with E-state index in [4.69, 9.17) is 4.74 Å². The molecule has 0 bridgehead atoms. The lowest BCUT2D eigenvalue weighted by Crippen LogP contribution is -2.13. The fourth-order valence-corrected chi connectivity index (χ4v) is 2.67. The number of nitrogens with zero attached hydrogens (tertiary/aromatic N) is 4. The highest BCUT2D eigenvalue weighted by Crippen LogP contribution is 2.20. The number of aromatic amines is 1. The van der Waals surface area contributed by atoms with Crippen LogP contribution in [0.2, 0.25) is 0 Å². The standard InChI is InChI=1S/C20H18N6O2/c1-26-19(28-13-14-5-3-2-4-6-14)12-17(25-26)20(27)22-18-11-16(23-24-18)15-7-9-21-10-8-15/h2-12H,13H2,1H3,(H2,22,23,24,27). The van der Waals surface area contributed by atoms with E-state index >= 15 is 0 Å². The third-order valence-electron chi connectivity index (χ3n) is 4.11. The van der Waals surface area contributed by atoms with Gasteiger partial charge < -0.3 is 10.1 Å². The van der Waals surface area contributed by atoms with Gasteiger partial charge in [0.05, 0.1) is 5.69 Å². The van der Waals surface area contributed by atoms with Gasteiger partial charge in [-0.25, -0.2) is 4.68 Å². The second kappa shape index (κ2) is 7.75. The molecule has 4 rings (SSSR count). The highest BCUT2D eigenvalue weighted by molar-refractivity contribution is 6.02. The molecule has 28 heavy (non-hydrogen) atoms. The lowest BCUT2D eigenvalue weighted by Gasteiger charge is -2.05. The molecule has 4 aromatic rings. The average Bonchev–Trinajstić information content (AvgIpc) is 3.34. The molecule has 2 N–H and O–H groups in total. The van der Waals surface area contributed by atoms with Crippen LogP contribution in [0.5, 0.6) is 5.88 Å². The maximum Gasteiger partial charge on any atom is 0.277 e. The van der Waals surface area contributed by atoms with E-state index in [1.807, 2.05) is 42.5 Å². The minimum atomic E-state index is -0.363. The molecule has 0 saturated heterocycles. The van der Waals surface area contributed by atoms with E-state index in [-0.39, 0.29) is 11.6 Å². The smallest absolute Gasteiger partial charge is 0.277 e. The zero-order valence-corrected chi connectivity index (χ0v) is 15.2. The zero-order valence-electron chi connectivity index (χ0n) is 15.2. The molecule has 0 aliphatic rings. The lowest BCUT2D eigenvalue weighted by molar-refractivity contribution is 0.102. The van der Waals surface area contributed by atoms with Gasteiger partial charge in [-0.2, -0.15) is 10.2 Å². The van der Waals surface area contributed by atoms with Crippen LogP contribution in [0, 0.1) is 0 Å². The van der Waals surface area contributed by atoms with Gasteiger partial charge in [0.15, 0.2) is 11.5 Å². The number of nitrogens with one attached hydrogen (secondary N) is 2. The number of pyridine rings is 1. The second-order valence-corrected chi connectivity index (χ2v) is 6.12. The van der Waals surface area contributed by atoms with E-state index in [1.165, 1.54) is 4.68 Å². The Hall–Kier alpha value is -3.94. The van der Waals surface area contributed by atoms with E-state index in [0.717, 1.165) is 16.8 Å². The highest BCUT2D eigenvalue weighted by Gasteiger charge is 2.15. The molecule has 8 heteroatoms. The molecule has 0 unspecified atom stereocenters. The quantitative estimate of drug-likeness (QED) is 0.541. The predicted molar refractivity (Wildman–Crippen MR) is 104 cm³/mol. The first-order valence-corrected chi connectivity index (χ1v) is 8.67. The first-order valence-electron chi connectivity index (χ1n) is 8.67. The summed E-state index contributed by atoms with van der Waals surface area (Å²) in [6.07, 6.45) is 3.39. The number of aromatic nitrogens is 5. The van der Waals surface area contributed by atoms with E-state index in [0.29, 0.717) is 18.3 Å². The van der Waals surface area contributed by atoms with Gasteiger partial charge in [0.1, 0.15) is 6.61 Å². The number of ether oxygens (including phenoxy) is 1. The number of anilines is 1. The highest BCUT2D eigenvalue weighted by atomic mass is 16.5. The van der Waals surface area contributed by atoms with Crippen molar-refractivity contribution in [3.8, 4) is 17.1 Å².